The zero-order chi connectivity index (χ0) is 17.0. The molecule has 2 aromatic rings. The highest BCUT2D eigenvalue weighted by molar-refractivity contribution is 8.00. The highest BCUT2D eigenvalue weighted by Gasteiger charge is 2.29. The largest absolute Gasteiger partial charge is 0.446 e. The van der Waals surface area contributed by atoms with Crippen molar-refractivity contribution >= 4 is 52.4 Å². The van der Waals surface area contributed by atoms with Crippen molar-refractivity contribution in [3.63, 3.8) is 0 Å². The monoisotopic (exact) mass is 382 g/mol. The van der Waals surface area contributed by atoms with Gasteiger partial charge in [-0.1, -0.05) is 11.6 Å². The Morgan fingerprint density at radius 2 is 1.78 bits per heavy atom. The highest BCUT2D eigenvalue weighted by atomic mass is 35.5. The Hall–Kier alpha value is -1.71. The topological polar surface area (TPSA) is 66.9 Å². The standard InChI is InChI=1S/C12H7Cl2F3N4OS/c13-8-2-1-7(23-12(15,16)17)3-9(8)21-11(22)20-6-4-18-10(14)19-5-6/h1-5H,(H2,20,21,22). The third-order valence-corrected chi connectivity index (χ3v) is 3.54. The van der Waals surface area contributed by atoms with Crippen LogP contribution in [0.15, 0.2) is 35.5 Å². The molecule has 0 saturated heterocycles. The molecule has 0 spiro atoms. The molecule has 1 heterocycles. The Morgan fingerprint density at radius 1 is 1.13 bits per heavy atom. The maximum absolute atomic E-state index is 12.4. The molecule has 5 nitrogen and oxygen atoms in total. The molecule has 2 rings (SSSR count). The summed E-state index contributed by atoms with van der Waals surface area (Å²) >= 11 is 11.1. The normalized spacial score (nSPS) is 11.2. The first-order chi connectivity index (χ1) is 10.7. The highest BCUT2D eigenvalue weighted by Crippen LogP contribution is 2.39. The van der Waals surface area contributed by atoms with Gasteiger partial charge in [-0.3, -0.25) is 0 Å². The lowest BCUT2D eigenvalue weighted by Gasteiger charge is -2.11. The lowest BCUT2D eigenvalue weighted by atomic mass is 10.3. The van der Waals surface area contributed by atoms with E-state index in [4.69, 9.17) is 23.2 Å². The second kappa shape index (κ2) is 7.24. The molecule has 11 heteroatoms. The minimum absolute atomic E-state index is 0.0101. The van der Waals surface area contributed by atoms with E-state index >= 15 is 0 Å². The molecule has 0 radical (unpaired) electrons. The Bertz CT molecular complexity index is 712. The predicted octanol–water partition coefficient (Wildman–Crippen LogP) is 5.04. The fourth-order valence-electron chi connectivity index (χ4n) is 1.46. The number of nitrogens with one attached hydrogen (secondary N) is 2. The SMILES string of the molecule is O=C(Nc1cnc(Cl)nc1)Nc1cc(SC(F)(F)F)ccc1Cl. The van der Waals surface area contributed by atoms with Crippen LogP contribution in [0.4, 0.5) is 29.3 Å². The number of halogens is 5. The molecule has 1 aromatic carbocycles. The van der Waals surface area contributed by atoms with Crippen molar-refractivity contribution in [1.29, 1.82) is 0 Å². The summed E-state index contributed by atoms with van der Waals surface area (Å²) in [5.41, 5.74) is -4.15. The van der Waals surface area contributed by atoms with Gasteiger partial charge in [-0.2, -0.15) is 13.2 Å². The molecule has 0 bridgehead atoms. The number of rotatable bonds is 3. The number of thioether (sulfide) groups is 1. The van der Waals surface area contributed by atoms with Gasteiger partial charge >= 0.3 is 11.5 Å². The first-order valence-corrected chi connectivity index (χ1v) is 7.41. The number of amides is 2. The van der Waals surface area contributed by atoms with E-state index in [1.165, 1.54) is 24.5 Å². The molecule has 0 aliphatic heterocycles. The molecular formula is C12H7Cl2F3N4OS. The van der Waals surface area contributed by atoms with E-state index in [1.807, 2.05) is 0 Å². The van der Waals surface area contributed by atoms with Crippen LogP contribution in [-0.4, -0.2) is 21.5 Å². The maximum atomic E-state index is 12.4. The minimum Gasteiger partial charge on any atom is -0.306 e. The molecule has 0 unspecified atom stereocenters. The Balaban J connectivity index is 2.07. The number of carbonyl (C=O) groups is 1. The Labute approximate surface area is 142 Å². The van der Waals surface area contributed by atoms with Gasteiger partial charge in [0.25, 0.3) is 0 Å². The first-order valence-electron chi connectivity index (χ1n) is 5.84. The van der Waals surface area contributed by atoms with E-state index in [-0.39, 0.29) is 38.3 Å². The molecule has 0 aliphatic rings. The number of benzene rings is 1. The summed E-state index contributed by atoms with van der Waals surface area (Å²) in [6.07, 6.45) is 2.54. The summed E-state index contributed by atoms with van der Waals surface area (Å²) in [6.45, 7) is 0. The average molecular weight is 383 g/mol. The summed E-state index contributed by atoms with van der Waals surface area (Å²) in [5, 5.41) is 4.85. The predicted molar refractivity (Wildman–Crippen MR) is 83.0 cm³/mol. The van der Waals surface area contributed by atoms with Crippen LogP contribution < -0.4 is 10.6 Å². The average Bonchev–Trinajstić information content (AvgIpc) is 2.43. The number of urea groups is 1. The molecule has 2 amide bonds. The fraction of sp³-hybridized carbons (Fsp3) is 0.0833. The first kappa shape index (κ1) is 17.6. The van der Waals surface area contributed by atoms with Crippen LogP contribution in [0.5, 0.6) is 0 Å². The van der Waals surface area contributed by atoms with E-state index in [9.17, 15) is 18.0 Å². The van der Waals surface area contributed by atoms with Gasteiger partial charge < -0.3 is 10.6 Å². The quantitative estimate of drug-likeness (QED) is 0.576. The molecule has 1 aromatic heterocycles. The molecule has 0 saturated carbocycles. The number of nitrogens with zero attached hydrogens (tertiary/aromatic N) is 2. The number of alkyl halides is 3. The van der Waals surface area contributed by atoms with Crippen molar-refractivity contribution < 1.29 is 18.0 Å². The van der Waals surface area contributed by atoms with Gasteiger partial charge in [-0.25, -0.2) is 14.8 Å². The summed E-state index contributed by atoms with van der Waals surface area (Å²) in [5.74, 6) is 0. The van der Waals surface area contributed by atoms with E-state index < -0.39 is 11.5 Å². The smallest absolute Gasteiger partial charge is 0.306 e. The van der Waals surface area contributed by atoms with Crippen molar-refractivity contribution in [1.82, 2.24) is 9.97 Å². The fourth-order valence-corrected chi connectivity index (χ4v) is 2.30. The third-order valence-electron chi connectivity index (χ3n) is 2.30. The summed E-state index contributed by atoms with van der Waals surface area (Å²) in [6, 6.07) is 2.87. The molecule has 2 N–H and O–H groups in total. The van der Waals surface area contributed by atoms with Crippen molar-refractivity contribution in [3.05, 3.63) is 40.9 Å². The summed E-state index contributed by atoms with van der Waals surface area (Å²) < 4.78 is 37.1. The summed E-state index contributed by atoms with van der Waals surface area (Å²) in [7, 11) is 0. The van der Waals surface area contributed by atoms with E-state index in [2.05, 4.69) is 20.6 Å². The lowest BCUT2D eigenvalue weighted by molar-refractivity contribution is -0.0328. The second-order valence-electron chi connectivity index (χ2n) is 4.01. The van der Waals surface area contributed by atoms with Crippen LogP contribution in [0.2, 0.25) is 10.3 Å². The number of aromatic nitrogens is 2. The maximum Gasteiger partial charge on any atom is 0.446 e. The van der Waals surface area contributed by atoms with Crippen molar-refractivity contribution in [3.8, 4) is 0 Å². The molecule has 0 atom stereocenters. The van der Waals surface area contributed by atoms with Gasteiger partial charge in [0, 0.05) is 4.90 Å². The zero-order valence-corrected chi connectivity index (χ0v) is 13.3. The Morgan fingerprint density at radius 3 is 2.39 bits per heavy atom. The van der Waals surface area contributed by atoms with Gasteiger partial charge in [0.2, 0.25) is 5.28 Å². The molecule has 0 aliphatic carbocycles. The number of hydrogen-bond donors (Lipinski definition) is 2. The van der Waals surface area contributed by atoms with Gasteiger partial charge in [0.15, 0.2) is 0 Å². The van der Waals surface area contributed by atoms with E-state index in [1.54, 1.807) is 0 Å². The molecule has 0 fully saturated rings. The van der Waals surface area contributed by atoms with E-state index in [0.717, 1.165) is 6.07 Å². The minimum atomic E-state index is -4.44. The lowest BCUT2D eigenvalue weighted by Crippen LogP contribution is -2.20. The van der Waals surface area contributed by atoms with Crippen LogP contribution in [0, 0.1) is 0 Å². The van der Waals surface area contributed by atoms with Crippen LogP contribution in [0.25, 0.3) is 0 Å². The van der Waals surface area contributed by atoms with Crippen molar-refractivity contribution in [2.45, 2.75) is 10.4 Å². The van der Waals surface area contributed by atoms with Gasteiger partial charge in [0.05, 0.1) is 28.8 Å². The Kier molecular flexibility index (Phi) is 5.55. The third kappa shape index (κ3) is 5.77. The molecule has 122 valence electrons. The number of hydrogen-bond acceptors (Lipinski definition) is 4. The van der Waals surface area contributed by atoms with Gasteiger partial charge in [-0.05, 0) is 41.6 Å². The second-order valence-corrected chi connectivity index (χ2v) is 5.89. The van der Waals surface area contributed by atoms with Crippen LogP contribution in [-0.2, 0) is 0 Å². The van der Waals surface area contributed by atoms with Crippen LogP contribution >= 0.6 is 35.0 Å². The summed E-state index contributed by atoms with van der Waals surface area (Å²) in [4.78, 5) is 19.0. The van der Waals surface area contributed by atoms with E-state index in [0.29, 0.717) is 0 Å². The molecule has 23 heavy (non-hydrogen) atoms. The number of anilines is 2. The van der Waals surface area contributed by atoms with Crippen molar-refractivity contribution in [2.75, 3.05) is 10.6 Å². The van der Waals surface area contributed by atoms with Crippen LogP contribution in [0.1, 0.15) is 0 Å². The zero-order valence-electron chi connectivity index (χ0n) is 11.0. The van der Waals surface area contributed by atoms with Crippen molar-refractivity contribution in [2.24, 2.45) is 0 Å². The van der Waals surface area contributed by atoms with Gasteiger partial charge in [-0.15, -0.1) is 0 Å². The van der Waals surface area contributed by atoms with Crippen LogP contribution in [0.3, 0.4) is 0 Å². The van der Waals surface area contributed by atoms with Gasteiger partial charge in [0.1, 0.15) is 0 Å². The molecular weight excluding hydrogens is 376 g/mol. The number of carbonyl (C=O) groups excluding carboxylic acids is 1.